The van der Waals surface area contributed by atoms with E-state index in [1.807, 2.05) is 13.0 Å². The van der Waals surface area contributed by atoms with Crippen LogP contribution in [-0.4, -0.2) is 16.0 Å². The topological polar surface area (TPSA) is 52.1 Å². The van der Waals surface area contributed by atoms with Crippen LogP contribution in [0.3, 0.4) is 0 Å². The van der Waals surface area contributed by atoms with Crippen molar-refractivity contribution in [3.63, 3.8) is 0 Å². The Morgan fingerprint density at radius 3 is 3.00 bits per heavy atom. The van der Waals surface area contributed by atoms with E-state index in [1.165, 1.54) is 0 Å². The van der Waals surface area contributed by atoms with Gasteiger partial charge in [-0.1, -0.05) is 5.16 Å². The maximum atomic E-state index is 5.56. The predicted octanol–water partition coefficient (Wildman–Crippen LogP) is 2.42. The number of rotatable bonds is 3. The second-order valence-electron chi connectivity index (χ2n) is 2.84. The van der Waals surface area contributed by atoms with E-state index in [-0.39, 0.29) is 0 Å². The molecular formula is C9H9ClN2O2. The van der Waals surface area contributed by atoms with E-state index in [1.54, 1.807) is 6.26 Å². The third kappa shape index (κ3) is 1.65. The first-order chi connectivity index (χ1) is 6.81. The van der Waals surface area contributed by atoms with Crippen molar-refractivity contribution in [2.45, 2.75) is 13.3 Å². The lowest BCUT2D eigenvalue weighted by atomic mass is 10.2. The second-order valence-corrected chi connectivity index (χ2v) is 3.22. The quantitative estimate of drug-likeness (QED) is 0.734. The van der Waals surface area contributed by atoms with Gasteiger partial charge in [-0.15, -0.1) is 11.6 Å². The Balaban J connectivity index is 2.29. The standard InChI is InChI=1S/C9H9ClN2O2/c1-6-7(3-5-13-6)9-11-8(2-4-10)14-12-9/h3,5H,2,4H2,1H3. The number of furan rings is 1. The molecule has 0 spiro atoms. The van der Waals surface area contributed by atoms with E-state index in [2.05, 4.69) is 10.1 Å². The maximum absolute atomic E-state index is 5.56. The van der Waals surface area contributed by atoms with Gasteiger partial charge in [0, 0.05) is 12.3 Å². The summed E-state index contributed by atoms with van der Waals surface area (Å²) in [5.41, 5.74) is 0.856. The molecule has 0 amide bonds. The fourth-order valence-corrected chi connectivity index (χ4v) is 1.33. The summed E-state index contributed by atoms with van der Waals surface area (Å²) < 4.78 is 10.1. The Morgan fingerprint density at radius 1 is 1.50 bits per heavy atom. The first kappa shape index (κ1) is 9.27. The number of hydrogen-bond acceptors (Lipinski definition) is 4. The molecule has 2 aromatic heterocycles. The molecule has 2 heterocycles. The fraction of sp³-hybridized carbons (Fsp3) is 0.333. The molecule has 0 saturated carbocycles. The molecule has 0 aliphatic rings. The van der Waals surface area contributed by atoms with Crippen molar-refractivity contribution in [1.29, 1.82) is 0 Å². The first-order valence-corrected chi connectivity index (χ1v) is 4.77. The Kier molecular flexibility index (Phi) is 2.54. The third-order valence-corrected chi connectivity index (χ3v) is 2.07. The summed E-state index contributed by atoms with van der Waals surface area (Å²) in [4.78, 5) is 4.18. The van der Waals surface area contributed by atoms with Gasteiger partial charge < -0.3 is 8.94 Å². The molecular weight excluding hydrogens is 204 g/mol. The zero-order chi connectivity index (χ0) is 9.97. The Morgan fingerprint density at radius 2 is 2.36 bits per heavy atom. The van der Waals surface area contributed by atoms with Crippen molar-refractivity contribution in [3.8, 4) is 11.4 Å². The van der Waals surface area contributed by atoms with Crippen LogP contribution in [0.4, 0.5) is 0 Å². The Hall–Kier alpha value is -1.29. The summed E-state index contributed by atoms with van der Waals surface area (Å²) in [5, 5.41) is 3.83. The van der Waals surface area contributed by atoms with Crippen molar-refractivity contribution in [1.82, 2.24) is 10.1 Å². The minimum atomic E-state index is 0.478. The molecule has 4 nitrogen and oxygen atoms in total. The van der Waals surface area contributed by atoms with Gasteiger partial charge in [-0.3, -0.25) is 0 Å². The summed E-state index contributed by atoms with van der Waals surface area (Å²) >= 11 is 5.56. The van der Waals surface area contributed by atoms with E-state index >= 15 is 0 Å². The number of halogens is 1. The Labute approximate surface area is 85.9 Å². The van der Waals surface area contributed by atoms with Gasteiger partial charge in [-0.05, 0) is 13.0 Å². The van der Waals surface area contributed by atoms with Gasteiger partial charge in [-0.25, -0.2) is 0 Å². The highest BCUT2D eigenvalue weighted by atomic mass is 35.5. The van der Waals surface area contributed by atoms with Crippen LogP contribution in [-0.2, 0) is 6.42 Å². The van der Waals surface area contributed by atoms with Crippen LogP contribution in [0.25, 0.3) is 11.4 Å². The van der Waals surface area contributed by atoms with Crippen molar-refractivity contribution < 1.29 is 8.94 Å². The molecule has 0 aliphatic heterocycles. The number of aromatic nitrogens is 2. The molecule has 14 heavy (non-hydrogen) atoms. The van der Waals surface area contributed by atoms with Gasteiger partial charge in [0.15, 0.2) is 0 Å². The van der Waals surface area contributed by atoms with E-state index in [0.29, 0.717) is 24.0 Å². The third-order valence-electron chi connectivity index (χ3n) is 1.88. The lowest BCUT2D eigenvalue weighted by Gasteiger charge is -1.87. The van der Waals surface area contributed by atoms with Gasteiger partial charge in [-0.2, -0.15) is 4.98 Å². The van der Waals surface area contributed by atoms with E-state index in [4.69, 9.17) is 20.5 Å². The summed E-state index contributed by atoms with van der Waals surface area (Å²) in [6, 6.07) is 1.81. The molecule has 0 radical (unpaired) electrons. The predicted molar refractivity (Wildman–Crippen MR) is 51.2 cm³/mol. The summed E-state index contributed by atoms with van der Waals surface area (Å²) in [5.74, 6) is 2.36. The molecule has 0 atom stereocenters. The molecule has 74 valence electrons. The van der Waals surface area contributed by atoms with E-state index in [9.17, 15) is 0 Å². The van der Waals surface area contributed by atoms with Gasteiger partial charge in [0.25, 0.3) is 0 Å². The van der Waals surface area contributed by atoms with Crippen LogP contribution in [0.5, 0.6) is 0 Å². The number of alkyl halides is 1. The summed E-state index contributed by atoms with van der Waals surface area (Å²) in [6.45, 7) is 1.85. The van der Waals surface area contributed by atoms with Crippen LogP contribution in [0, 0.1) is 6.92 Å². The van der Waals surface area contributed by atoms with Crippen molar-refractivity contribution in [2.24, 2.45) is 0 Å². The van der Waals surface area contributed by atoms with Gasteiger partial charge in [0.1, 0.15) is 5.76 Å². The molecule has 0 N–H and O–H groups in total. The minimum Gasteiger partial charge on any atom is -0.469 e. The average molecular weight is 213 g/mol. The van der Waals surface area contributed by atoms with Crippen LogP contribution in [0.15, 0.2) is 21.3 Å². The Bertz CT molecular complexity index is 422. The smallest absolute Gasteiger partial charge is 0.228 e. The molecule has 0 bridgehead atoms. The summed E-state index contributed by atoms with van der Waals surface area (Å²) in [6.07, 6.45) is 2.19. The second kappa shape index (κ2) is 3.84. The highest BCUT2D eigenvalue weighted by molar-refractivity contribution is 6.17. The average Bonchev–Trinajstić information content (AvgIpc) is 2.74. The van der Waals surface area contributed by atoms with Gasteiger partial charge in [0.2, 0.25) is 11.7 Å². The minimum absolute atomic E-state index is 0.478. The van der Waals surface area contributed by atoms with Crippen LogP contribution in [0.1, 0.15) is 11.7 Å². The fourth-order valence-electron chi connectivity index (χ4n) is 1.16. The lowest BCUT2D eigenvalue weighted by Crippen LogP contribution is -1.85. The van der Waals surface area contributed by atoms with E-state index < -0.39 is 0 Å². The van der Waals surface area contributed by atoms with Crippen LogP contribution >= 0.6 is 11.6 Å². The zero-order valence-corrected chi connectivity index (χ0v) is 8.41. The summed E-state index contributed by atoms with van der Waals surface area (Å²) in [7, 11) is 0. The van der Waals surface area contributed by atoms with Crippen LogP contribution < -0.4 is 0 Å². The van der Waals surface area contributed by atoms with Gasteiger partial charge in [0.05, 0.1) is 11.8 Å². The van der Waals surface area contributed by atoms with Crippen molar-refractivity contribution in [2.75, 3.05) is 5.88 Å². The number of aryl methyl sites for hydroxylation is 2. The van der Waals surface area contributed by atoms with Crippen LogP contribution in [0.2, 0.25) is 0 Å². The highest BCUT2D eigenvalue weighted by Gasteiger charge is 2.11. The molecule has 2 rings (SSSR count). The van der Waals surface area contributed by atoms with Crippen molar-refractivity contribution in [3.05, 3.63) is 24.0 Å². The largest absolute Gasteiger partial charge is 0.469 e. The van der Waals surface area contributed by atoms with E-state index in [0.717, 1.165) is 11.3 Å². The lowest BCUT2D eigenvalue weighted by molar-refractivity contribution is 0.383. The normalized spacial score (nSPS) is 10.7. The van der Waals surface area contributed by atoms with Gasteiger partial charge >= 0.3 is 0 Å². The van der Waals surface area contributed by atoms with Crippen molar-refractivity contribution >= 4 is 11.6 Å². The molecule has 0 aromatic carbocycles. The highest BCUT2D eigenvalue weighted by Crippen LogP contribution is 2.21. The molecule has 0 aliphatic carbocycles. The monoisotopic (exact) mass is 212 g/mol. The maximum Gasteiger partial charge on any atom is 0.228 e. The molecule has 2 aromatic rings. The molecule has 0 saturated heterocycles. The first-order valence-electron chi connectivity index (χ1n) is 4.24. The molecule has 5 heteroatoms. The number of hydrogen-bond donors (Lipinski definition) is 0. The number of nitrogens with zero attached hydrogens (tertiary/aromatic N) is 2. The SMILES string of the molecule is Cc1occc1-c1noc(CCCl)n1. The zero-order valence-electron chi connectivity index (χ0n) is 7.66. The molecule has 0 unspecified atom stereocenters. The molecule has 0 fully saturated rings.